The van der Waals surface area contributed by atoms with Crippen LogP contribution in [-0.2, 0) is 32.6 Å². The lowest BCUT2D eigenvalue weighted by Gasteiger charge is -2.16. The summed E-state index contributed by atoms with van der Waals surface area (Å²) in [6.45, 7) is 8.27. The van der Waals surface area contributed by atoms with E-state index in [9.17, 15) is 0 Å². The van der Waals surface area contributed by atoms with Gasteiger partial charge in [0.25, 0.3) is 0 Å². The lowest BCUT2D eigenvalue weighted by atomic mass is 10.1. The topological polar surface area (TPSA) is 21.1 Å². The van der Waals surface area contributed by atoms with Crippen molar-refractivity contribution in [3.8, 4) is 0 Å². The summed E-state index contributed by atoms with van der Waals surface area (Å²) in [6.07, 6.45) is 0.973. The van der Waals surface area contributed by atoms with E-state index >= 15 is 0 Å². The third-order valence-electron chi connectivity index (χ3n) is 3.97. The highest BCUT2D eigenvalue weighted by Crippen LogP contribution is 2.28. The highest BCUT2D eigenvalue weighted by Gasteiger charge is 2.22. The first-order valence-corrected chi connectivity index (χ1v) is 8.05. The van der Waals surface area contributed by atoms with Crippen molar-refractivity contribution in [1.82, 2.24) is 14.7 Å². The van der Waals surface area contributed by atoms with E-state index in [-0.39, 0.29) is 0 Å². The molecular weight excluding hydrogens is 314 g/mol. The Balaban J connectivity index is 1.81. The summed E-state index contributed by atoms with van der Waals surface area (Å²) in [4.78, 5) is 2.48. The zero-order valence-electron chi connectivity index (χ0n) is 12.1. The first-order valence-electron chi connectivity index (χ1n) is 7.26. The molecule has 0 radical (unpaired) electrons. The Kier molecular flexibility index (Phi) is 3.94. The molecule has 0 saturated heterocycles. The van der Waals surface area contributed by atoms with Gasteiger partial charge in [-0.15, -0.1) is 0 Å². The van der Waals surface area contributed by atoms with Crippen molar-refractivity contribution in [3.63, 3.8) is 0 Å². The number of aryl methyl sites for hydroxylation is 2. The van der Waals surface area contributed by atoms with E-state index in [1.165, 1.54) is 27.0 Å². The first kappa shape index (κ1) is 13.8. The predicted octanol–water partition coefficient (Wildman–Crippen LogP) is 3.74. The SMILES string of the molecule is CCc1nn(CC)c(CN2Cc3ccccc3C2)c1Br. The van der Waals surface area contributed by atoms with Crippen LogP contribution >= 0.6 is 15.9 Å². The average Bonchev–Trinajstić information content (AvgIpc) is 3.01. The molecule has 2 heterocycles. The molecule has 3 rings (SSSR count). The van der Waals surface area contributed by atoms with Gasteiger partial charge in [0.15, 0.2) is 0 Å². The van der Waals surface area contributed by atoms with Gasteiger partial charge in [-0.25, -0.2) is 0 Å². The quantitative estimate of drug-likeness (QED) is 0.849. The number of fused-ring (bicyclic) bond motifs is 1. The van der Waals surface area contributed by atoms with Gasteiger partial charge in [0.2, 0.25) is 0 Å². The molecule has 1 aliphatic heterocycles. The lowest BCUT2D eigenvalue weighted by molar-refractivity contribution is 0.265. The Bertz CT molecular complexity index is 593. The molecule has 1 aliphatic rings. The molecule has 0 amide bonds. The smallest absolute Gasteiger partial charge is 0.0767 e. The van der Waals surface area contributed by atoms with Gasteiger partial charge in [-0.3, -0.25) is 9.58 Å². The van der Waals surface area contributed by atoms with Gasteiger partial charge in [-0.05, 0) is 40.4 Å². The molecule has 1 aromatic heterocycles. The van der Waals surface area contributed by atoms with Crippen LogP contribution in [-0.4, -0.2) is 14.7 Å². The molecule has 3 nitrogen and oxygen atoms in total. The van der Waals surface area contributed by atoms with Gasteiger partial charge in [0.1, 0.15) is 0 Å². The molecule has 106 valence electrons. The number of nitrogens with zero attached hydrogens (tertiary/aromatic N) is 3. The lowest BCUT2D eigenvalue weighted by Crippen LogP contribution is -2.18. The minimum atomic E-state index is 0.925. The van der Waals surface area contributed by atoms with Crippen LogP contribution in [0.15, 0.2) is 28.7 Å². The molecule has 0 fully saturated rings. The van der Waals surface area contributed by atoms with Gasteiger partial charge in [0, 0.05) is 26.2 Å². The van der Waals surface area contributed by atoms with Crippen molar-refractivity contribution in [3.05, 3.63) is 51.3 Å². The molecule has 2 aromatic rings. The van der Waals surface area contributed by atoms with E-state index in [4.69, 9.17) is 0 Å². The van der Waals surface area contributed by atoms with E-state index in [0.29, 0.717) is 0 Å². The Morgan fingerprint density at radius 1 is 1.15 bits per heavy atom. The van der Waals surface area contributed by atoms with Crippen LogP contribution in [0.5, 0.6) is 0 Å². The third-order valence-corrected chi connectivity index (χ3v) is 4.89. The molecule has 0 atom stereocenters. The van der Waals surface area contributed by atoms with Crippen LogP contribution in [0.2, 0.25) is 0 Å². The van der Waals surface area contributed by atoms with Crippen LogP contribution in [0.25, 0.3) is 0 Å². The number of aromatic nitrogens is 2. The minimum Gasteiger partial charge on any atom is -0.289 e. The second-order valence-corrected chi connectivity index (χ2v) is 6.08. The molecule has 1 aromatic carbocycles. The Hall–Kier alpha value is -1.13. The Morgan fingerprint density at radius 2 is 1.80 bits per heavy atom. The minimum absolute atomic E-state index is 0.925. The van der Waals surface area contributed by atoms with Crippen LogP contribution in [0.3, 0.4) is 0 Å². The Morgan fingerprint density at radius 3 is 2.35 bits per heavy atom. The van der Waals surface area contributed by atoms with Crippen molar-refractivity contribution >= 4 is 15.9 Å². The van der Waals surface area contributed by atoms with Crippen LogP contribution in [0.1, 0.15) is 36.4 Å². The summed E-state index contributed by atoms with van der Waals surface area (Å²) in [5.41, 5.74) is 5.39. The highest BCUT2D eigenvalue weighted by atomic mass is 79.9. The molecular formula is C16H20BrN3. The summed E-state index contributed by atoms with van der Waals surface area (Å²) in [6, 6.07) is 8.73. The fourth-order valence-electron chi connectivity index (χ4n) is 2.90. The number of benzene rings is 1. The van der Waals surface area contributed by atoms with Crippen molar-refractivity contribution in [2.75, 3.05) is 0 Å². The monoisotopic (exact) mass is 333 g/mol. The maximum Gasteiger partial charge on any atom is 0.0767 e. The fraction of sp³-hybridized carbons (Fsp3) is 0.438. The van der Waals surface area contributed by atoms with Crippen LogP contribution < -0.4 is 0 Å². The van der Waals surface area contributed by atoms with Crippen molar-refractivity contribution < 1.29 is 0 Å². The molecule has 4 heteroatoms. The zero-order chi connectivity index (χ0) is 14.1. The van der Waals surface area contributed by atoms with Gasteiger partial charge < -0.3 is 0 Å². The zero-order valence-corrected chi connectivity index (χ0v) is 13.7. The molecule has 20 heavy (non-hydrogen) atoms. The normalized spacial score (nSPS) is 14.8. The van der Waals surface area contributed by atoms with Crippen LogP contribution in [0.4, 0.5) is 0 Å². The molecule has 0 saturated carbocycles. The van der Waals surface area contributed by atoms with Crippen molar-refractivity contribution in [1.29, 1.82) is 0 Å². The number of halogens is 1. The van der Waals surface area contributed by atoms with Crippen LogP contribution in [0, 0.1) is 0 Å². The number of hydrogen-bond donors (Lipinski definition) is 0. The fourth-order valence-corrected chi connectivity index (χ4v) is 3.59. The van der Waals surface area contributed by atoms with Gasteiger partial charge >= 0.3 is 0 Å². The standard InChI is InChI=1S/C16H20BrN3/c1-3-14-16(17)15(20(4-2)18-14)11-19-9-12-7-5-6-8-13(12)10-19/h5-8H,3-4,9-11H2,1-2H3. The summed E-state index contributed by atoms with van der Waals surface area (Å²) in [7, 11) is 0. The molecule has 0 bridgehead atoms. The third kappa shape index (κ3) is 2.42. The maximum atomic E-state index is 4.68. The van der Waals surface area contributed by atoms with Gasteiger partial charge in [-0.2, -0.15) is 5.10 Å². The maximum absolute atomic E-state index is 4.68. The average molecular weight is 334 g/mol. The second-order valence-electron chi connectivity index (χ2n) is 5.29. The van der Waals surface area contributed by atoms with Crippen molar-refractivity contribution in [2.24, 2.45) is 0 Å². The predicted molar refractivity (Wildman–Crippen MR) is 84.4 cm³/mol. The van der Waals surface area contributed by atoms with E-state index in [1.54, 1.807) is 0 Å². The molecule has 0 spiro atoms. The largest absolute Gasteiger partial charge is 0.289 e. The summed E-state index contributed by atoms with van der Waals surface area (Å²) in [5, 5.41) is 4.68. The van der Waals surface area contributed by atoms with Gasteiger partial charge in [0.05, 0.1) is 15.9 Å². The molecule has 0 N–H and O–H groups in total. The molecule has 0 aliphatic carbocycles. The van der Waals surface area contributed by atoms with E-state index in [2.05, 4.69) is 68.7 Å². The number of rotatable bonds is 4. The van der Waals surface area contributed by atoms with E-state index < -0.39 is 0 Å². The Labute approximate surface area is 128 Å². The van der Waals surface area contributed by atoms with Gasteiger partial charge in [-0.1, -0.05) is 31.2 Å². The van der Waals surface area contributed by atoms with E-state index in [0.717, 1.165) is 32.6 Å². The highest BCUT2D eigenvalue weighted by molar-refractivity contribution is 9.10. The van der Waals surface area contributed by atoms with E-state index in [1.807, 2.05) is 0 Å². The number of hydrogen-bond acceptors (Lipinski definition) is 2. The summed E-state index contributed by atoms with van der Waals surface area (Å²) < 4.78 is 3.32. The molecule has 0 unspecified atom stereocenters. The summed E-state index contributed by atoms with van der Waals surface area (Å²) in [5.74, 6) is 0. The van der Waals surface area contributed by atoms with Crippen molar-refractivity contribution in [2.45, 2.75) is 46.4 Å². The summed E-state index contributed by atoms with van der Waals surface area (Å²) >= 11 is 3.74. The first-order chi connectivity index (χ1) is 9.72. The second kappa shape index (κ2) is 5.70.